The average molecular weight is 434 g/mol. The molecule has 3 aromatic rings. The Kier molecular flexibility index (Phi) is 7.02. The lowest BCUT2D eigenvalue weighted by atomic mass is 10.2. The minimum atomic E-state index is -0.601. The summed E-state index contributed by atoms with van der Waals surface area (Å²) in [5.74, 6) is -1.14. The Balaban J connectivity index is 1.68. The van der Waals surface area contributed by atoms with Gasteiger partial charge in [-0.05, 0) is 30.0 Å². The fraction of sp³-hybridized carbons (Fsp3) is 0.158. The largest absolute Gasteiger partial charge is 0.452 e. The standard InChI is InChI=1S/C19H16ClN3O3S2/c1-27-17-14(6-4-8-21-17)18(25)26-12-16(24)22-19-23(9-10-28-19)11-13-5-2-3-7-15(13)20/h2-10H,11-12H2,1H3. The molecule has 0 saturated heterocycles. The Morgan fingerprint density at radius 3 is 2.89 bits per heavy atom. The molecule has 0 aliphatic heterocycles. The number of nitrogens with zero attached hydrogens (tertiary/aromatic N) is 3. The van der Waals surface area contributed by atoms with Gasteiger partial charge in [0.05, 0.1) is 12.1 Å². The van der Waals surface area contributed by atoms with Gasteiger partial charge in [0.15, 0.2) is 11.4 Å². The van der Waals surface area contributed by atoms with Crippen molar-refractivity contribution in [3.63, 3.8) is 0 Å². The number of thiazole rings is 1. The number of benzene rings is 1. The molecule has 0 spiro atoms. The number of ether oxygens (including phenoxy) is 1. The number of carbonyl (C=O) groups is 2. The van der Waals surface area contributed by atoms with Gasteiger partial charge < -0.3 is 9.30 Å². The number of amides is 1. The summed E-state index contributed by atoms with van der Waals surface area (Å²) in [6.45, 7) is 0.0490. The smallest absolute Gasteiger partial charge is 0.341 e. The predicted octanol–water partition coefficient (Wildman–Crippen LogP) is 3.65. The summed E-state index contributed by atoms with van der Waals surface area (Å²) in [7, 11) is 0. The van der Waals surface area contributed by atoms with Gasteiger partial charge >= 0.3 is 5.97 Å². The molecule has 6 nitrogen and oxygen atoms in total. The van der Waals surface area contributed by atoms with Crippen LogP contribution in [-0.2, 0) is 16.1 Å². The van der Waals surface area contributed by atoms with Crippen molar-refractivity contribution in [2.45, 2.75) is 11.6 Å². The van der Waals surface area contributed by atoms with Crippen molar-refractivity contribution in [3.8, 4) is 0 Å². The summed E-state index contributed by atoms with van der Waals surface area (Å²) in [5.41, 5.74) is 1.25. The Morgan fingerprint density at radius 1 is 1.29 bits per heavy atom. The lowest BCUT2D eigenvalue weighted by Gasteiger charge is -2.06. The first-order valence-corrected chi connectivity index (χ1v) is 10.7. The molecule has 0 aliphatic carbocycles. The van der Waals surface area contributed by atoms with Gasteiger partial charge in [0.2, 0.25) is 0 Å². The lowest BCUT2D eigenvalue weighted by molar-refractivity contribution is -0.121. The zero-order chi connectivity index (χ0) is 19.9. The quantitative estimate of drug-likeness (QED) is 0.438. The third-order valence-electron chi connectivity index (χ3n) is 3.69. The molecule has 2 aromatic heterocycles. The summed E-state index contributed by atoms with van der Waals surface area (Å²) < 4.78 is 6.92. The van der Waals surface area contributed by atoms with E-state index in [1.807, 2.05) is 46.7 Å². The Bertz CT molecular complexity index is 1060. The van der Waals surface area contributed by atoms with Gasteiger partial charge in [0, 0.05) is 22.8 Å². The second-order valence-corrected chi connectivity index (χ2v) is 7.62. The van der Waals surface area contributed by atoms with Crippen LogP contribution >= 0.6 is 34.7 Å². The van der Waals surface area contributed by atoms with Crippen LogP contribution in [0.5, 0.6) is 0 Å². The van der Waals surface area contributed by atoms with Crippen LogP contribution in [0.4, 0.5) is 0 Å². The van der Waals surface area contributed by atoms with Gasteiger partial charge in [-0.25, -0.2) is 9.78 Å². The number of rotatable bonds is 6. The molecule has 1 aromatic carbocycles. The van der Waals surface area contributed by atoms with Crippen molar-refractivity contribution in [3.05, 3.63) is 75.1 Å². The molecule has 2 heterocycles. The Hall–Kier alpha value is -2.42. The summed E-state index contributed by atoms with van der Waals surface area (Å²) in [5, 5.41) is 3.02. The molecule has 0 fully saturated rings. The van der Waals surface area contributed by atoms with Crippen LogP contribution in [0.2, 0.25) is 5.02 Å². The summed E-state index contributed by atoms with van der Waals surface area (Å²) in [6, 6.07) is 10.7. The molecule has 0 atom stereocenters. The molecule has 0 radical (unpaired) electrons. The molecule has 28 heavy (non-hydrogen) atoms. The topological polar surface area (TPSA) is 73.6 Å². The Morgan fingerprint density at radius 2 is 2.11 bits per heavy atom. The number of pyridine rings is 1. The highest BCUT2D eigenvalue weighted by Gasteiger charge is 2.14. The zero-order valence-corrected chi connectivity index (χ0v) is 17.3. The van der Waals surface area contributed by atoms with Crippen molar-refractivity contribution >= 4 is 46.6 Å². The maximum Gasteiger partial charge on any atom is 0.341 e. The van der Waals surface area contributed by atoms with Gasteiger partial charge in [0.1, 0.15) is 5.03 Å². The number of aromatic nitrogens is 2. The van der Waals surface area contributed by atoms with Crippen molar-refractivity contribution in [1.82, 2.24) is 9.55 Å². The third kappa shape index (κ3) is 5.09. The first kappa shape index (κ1) is 20.3. The number of hydrogen-bond acceptors (Lipinski definition) is 6. The fourth-order valence-corrected chi connectivity index (χ4v) is 3.85. The van der Waals surface area contributed by atoms with E-state index in [9.17, 15) is 9.59 Å². The summed E-state index contributed by atoms with van der Waals surface area (Å²) >= 11 is 8.85. The first-order chi connectivity index (χ1) is 13.6. The van der Waals surface area contributed by atoms with Gasteiger partial charge in [-0.15, -0.1) is 23.1 Å². The minimum absolute atomic E-state index is 0.327. The van der Waals surface area contributed by atoms with Crippen LogP contribution in [-0.4, -0.2) is 34.3 Å². The van der Waals surface area contributed by atoms with E-state index >= 15 is 0 Å². The zero-order valence-electron chi connectivity index (χ0n) is 14.9. The molecular formula is C19H16ClN3O3S2. The molecule has 9 heteroatoms. The number of carbonyl (C=O) groups excluding carboxylic acids is 2. The van der Waals surface area contributed by atoms with Crippen LogP contribution in [0.15, 0.2) is 64.2 Å². The molecule has 0 saturated carbocycles. The predicted molar refractivity (Wildman–Crippen MR) is 110 cm³/mol. The van der Waals surface area contributed by atoms with E-state index in [4.69, 9.17) is 16.3 Å². The van der Waals surface area contributed by atoms with Gasteiger partial charge in [-0.2, -0.15) is 4.99 Å². The van der Waals surface area contributed by atoms with Crippen molar-refractivity contribution < 1.29 is 14.3 Å². The van der Waals surface area contributed by atoms with Crippen molar-refractivity contribution in [1.29, 1.82) is 0 Å². The monoisotopic (exact) mass is 433 g/mol. The maximum atomic E-state index is 12.2. The maximum absolute atomic E-state index is 12.2. The van der Waals surface area contributed by atoms with E-state index in [1.54, 1.807) is 18.3 Å². The molecule has 0 N–H and O–H groups in total. The lowest BCUT2D eigenvalue weighted by Crippen LogP contribution is -2.20. The van der Waals surface area contributed by atoms with Crippen LogP contribution in [0, 0.1) is 0 Å². The van der Waals surface area contributed by atoms with Gasteiger partial charge in [-0.1, -0.05) is 29.8 Å². The van der Waals surface area contributed by atoms with E-state index in [0.717, 1.165) is 5.56 Å². The van der Waals surface area contributed by atoms with E-state index < -0.39 is 18.5 Å². The normalized spacial score (nSPS) is 11.4. The van der Waals surface area contributed by atoms with E-state index in [1.165, 1.54) is 23.1 Å². The van der Waals surface area contributed by atoms with Crippen molar-refractivity contribution in [2.75, 3.05) is 12.9 Å². The molecule has 1 amide bonds. The average Bonchev–Trinajstić information content (AvgIpc) is 3.14. The number of halogens is 1. The molecule has 0 unspecified atom stereocenters. The van der Waals surface area contributed by atoms with Crippen LogP contribution in [0.3, 0.4) is 0 Å². The van der Waals surface area contributed by atoms with Crippen LogP contribution in [0.1, 0.15) is 15.9 Å². The first-order valence-electron chi connectivity index (χ1n) is 8.19. The fourth-order valence-electron chi connectivity index (χ4n) is 2.37. The van der Waals surface area contributed by atoms with E-state index in [-0.39, 0.29) is 0 Å². The highest BCUT2D eigenvalue weighted by molar-refractivity contribution is 7.98. The number of esters is 1. The highest BCUT2D eigenvalue weighted by Crippen LogP contribution is 2.18. The van der Waals surface area contributed by atoms with E-state index in [2.05, 4.69) is 9.98 Å². The highest BCUT2D eigenvalue weighted by atomic mass is 35.5. The molecule has 0 aliphatic rings. The Labute approximate surface area is 174 Å². The van der Waals surface area contributed by atoms with Crippen LogP contribution < -0.4 is 4.80 Å². The second-order valence-electron chi connectivity index (χ2n) is 5.55. The SMILES string of the molecule is CSc1ncccc1C(=O)OCC(=O)N=c1sccn1Cc1ccccc1Cl. The molecule has 3 rings (SSSR count). The van der Waals surface area contributed by atoms with Crippen molar-refractivity contribution in [2.24, 2.45) is 4.99 Å². The molecule has 0 bridgehead atoms. The van der Waals surface area contributed by atoms with E-state index in [0.29, 0.717) is 27.0 Å². The molecular weight excluding hydrogens is 418 g/mol. The molecule has 144 valence electrons. The van der Waals surface area contributed by atoms with Gasteiger partial charge in [-0.3, -0.25) is 4.79 Å². The second kappa shape index (κ2) is 9.68. The third-order valence-corrected chi connectivity index (χ3v) is 5.57. The summed E-state index contributed by atoms with van der Waals surface area (Å²) in [4.78, 5) is 33.0. The van der Waals surface area contributed by atoms with Gasteiger partial charge in [0.25, 0.3) is 5.91 Å². The minimum Gasteiger partial charge on any atom is -0.452 e. The number of thioether (sulfide) groups is 1. The summed E-state index contributed by atoms with van der Waals surface area (Å²) in [6.07, 6.45) is 5.23. The van der Waals surface area contributed by atoms with Crippen LogP contribution in [0.25, 0.3) is 0 Å². The number of hydrogen-bond donors (Lipinski definition) is 0.